The molecule has 3 aliphatic rings. The van der Waals surface area contributed by atoms with Gasteiger partial charge in [-0.25, -0.2) is 9.78 Å². The van der Waals surface area contributed by atoms with Crippen LogP contribution >= 0.6 is 27.5 Å². The van der Waals surface area contributed by atoms with E-state index in [0.717, 1.165) is 79.9 Å². The molecule has 2 saturated heterocycles. The summed E-state index contributed by atoms with van der Waals surface area (Å²) in [4.78, 5) is 19.1. The maximum atomic E-state index is 11.8. The second-order valence-corrected chi connectivity index (χ2v) is 10.4. The van der Waals surface area contributed by atoms with Gasteiger partial charge < -0.3 is 20.3 Å². The summed E-state index contributed by atoms with van der Waals surface area (Å²) in [6.07, 6.45) is 5.25. The molecule has 5 rings (SSSR count). The third-order valence-electron chi connectivity index (χ3n) is 7.20. The fraction of sp³-hybridized carbons (Fsp3) is 0.500. The van der Waals surface area contributed by atoms with E-state index in [4.69, 9.17) is 21.3 Å². The normalized spacial score (nSPS) is 25.0. The molecule has 8 heteroatoms. The van der Waals surface area contributed by atoms with Crippen LogP contribution in [0.4, 0.5) is 4.79 Å². The Kier molecular flexibility index (Phi) is 6.07. The zero-order valence-electron chi connectivity index (χ0n) is 18.2. The van der Waals surface area contributed by atoms with Crippen LogP contribution in [0.2, 0.25) is 5.02 Å². The van der Waals surface area contributed by atoms with Gasteiger partial charge in [0.25, 0.3) is 0 Å². The molecule has 2 atom stereocenters. The molecule has 6 nitrogen and oxygen atoms in total. The molecule has 1 aliphatic carbocycles. The number of hydrogen-bond acceptors (Lipinski definition) is 4. The van der Waals surface area contributed by atoms with Crippen LogP contribution in [-0.2, 0) is 6.42 Å². The van der Waals surface area contributed by atoms with Gasteiger partial charge in [0.05, 0.1) is 23.4 Å². The number of urea groups is 1. The van der Waals surface area contributed by atoms with Crippen molar-refractivity contribution in [3.8, 4) is 17.1 Å². The van der Waals surface area contributed by atoms with Crippen molar-refractivity contribution in [2.75, 3.05) is 33.3 Å². The molecule has 170 valence electrons. The number of nitrogens with one attached hydrogen (secondary N) is 2. The average molecular weight is 520 g/mol. The molecule has 0 saturated carbocycles. The third-order valence-corrected chi connectivity index (χ3v) is 8.49. The summed E-state index contributed by atoms with van der Waals surface area (Å²) in [6, 6.07) is 8.06. The molecule has 1 aromatic heterocycles. The lowest BCUT2D eigenvalue weighted by molar-refractivity contribution is 0.202. The van der Waals surface area contributed by atoms with E-state index in [1.807, 2.05) is 18.2 Å². The fourth-order valence-electron chi connectivity index (χ4n) is 5.54. The molecule has 0 bridgehead atoms. The van der Waals surface area contributed by atoms with E-state index in [1.54, 1.807) is 7.11 Å². The smallest absolute Gasteiger partial charge is 0.315 e. The van der Waals surface area contributed by atoms with Crippen molar-refractivity contribution >= 4 is 33.6 Å². The average Bonchev–Trinajstić information content (AvgIpc) is 3.37. The molecule has 0 radical (unpaired) electrons. The highest BCUT2D eigenvalue weighted by molar-refractivity contribution is 9.10. The summed E-state index contributed by atoms with van der Waals surface area (Å²) >= 11 is 10.0. The summed E-state index contributed by atoms with van der Waals surface area (Å²) in [5.41, 5.74) is 4.29. The fourth-order valence-corrected chi connectivity index (χ4v) is 6.13. The van der Waals surface area contributed by atoms with Crippen molar-refractivity contribution in [3.05, 3.63) is 44.9 Å². The minimum Gasteiger partial charge on any atom is -0.481 e. The van der Waals surface area contributed by atoms with Crippen molar-refractivity contribution < 1.29 is 9.53 Å². The van der Waals surface area contributed by atoms with Crippen LogP contribution in [0.1, 0.15) is 42.7 Å². The first kappa shape index (κ1) is 22.0. The molecular formula is C24H28BrClN4O2. The third kappa shape index (κ3) is 4.11. The Hall–Kier alpha value is -1.83. The van der Waals surface area contributed by atoms with Crippen LogP contribution in [-0.4, -0.2) is 54.7 Å². The van der Waals surface area contributed by atoms with Gasteiger partial charge in [-0.15, -0.1) is 0 Å². The zero-order valence-corrected chi connectivity index (χ0v) is 20.6. The van der Waals surface area contributed by atoms with Crippen LogP contribution in [0, 0.1) is 0 Å². The van der Waals surface area contributed by atoms with E-state index in [9.17, 15) is 4.79 Å². The van der Waals surface area contributed by atoms with Gasteiger partial charge in [-0.2, -0.15) is 0 Å². The van der Waals surface area contributed by atoms with Crippen LogP contribution in [0.25, 0.3) is 11.3 Å². The lowest BCUT2D eigenvalue weighted by Crippen LogP contribution is -2.59. The minimum atomic E-state index is -0.0483. The van der Waals surface area contributed by atoms with E-state index in [0.29, 0.717) is 10.9 Å². The second kappa shape index (κ2) is 8.84. The first-order valence-corrected chi connectivity index (χ1v) is 12.5. The summed E-state index contributed by atoms with van der Waals surface area (Å²) in [5, 5.41) is 6.72. The molecule has 2 fully saturated rings. The van der Waals surface area contributed by atoms with Crippen molar-refractivity contribution in [2.45, 2.75) is 43.6 Å². The highest BCUT2D eigenvalue weighted by atomic mass is 79.9. The molecule has 1 aromatic carbocycles. The Morgan fingerprint density at radius 2 is 2.25 bits per heavy atom. The standard InChI is InChI=1S/C24H28BrClN4O2/c1-32-22-20-15(7-11-30-12-9-24(14-30)8-10-27-23(31)29-24)5-6-16(20)13-19(28-22)17-3-2-4-18(25)21(17)26/h2-4,13,15H,5-12,14H2,1H3,(H2,27,29,31)/t15?,24-/m0/s1. The number of pyridine rings is 1. The maximum absolute atomic E-state index is 11.8. The van der Waals surface area contributed by atoms with Crippen molar-refractivity contribution in [1.29, 1.82) is 0 Å². The largest absolute Gasteiger partial charge is 0.481 e. The molecular weight excluding hydrogens is 492 g/mol. The van der Waals surface area contributed by atoms with E-state index in [2.05, 4.69) is 37.5 Å². The van der Waals surface area contributed by atoms with Crippen LogP contribution in [0.5, 0.6) is 5.88 Å². The lowest BCUT2D eigenvalue weighted by Gasteiger charge is -2.35. The first-order valence-electron chi connectivity index (χ1n) is 11.3. The van der Waals surface area contributed by atoms with Gasteiger partial charge in [0.1, 0.15) is 0 Å². The number of rotatable bonds is 5. The lowest BCUT2D eigenvalue weighted by atomic mass is 9.93. The molecule has 2 amide bonds. The quantitative estimate of drug-likeness (QED) is 0.599. The van der Waals surface area contributed by atoms with Gasteiger partial charge in [-0.05, 0) is 78.2 Å². The molecule has 1 unspecified atom stereocenters. The van der Waals surface area contributed by atoms with Gasteiger partial charge in [0.15, 0.2) is 0 Å². The predicted molar refractivity (Wildman–Crippen MR) is 130 cm³/mol. The zero-order chi connectivity index (χ0) is 22.3. The maximum Gasteiger partial charge on any atom is 0.315 e. The number of likely N-dealkylation sites (tertiary alicyclic amines) is 1. The predicted octanol–water partition coefficient (Wildman–Crippen LogP) is 4.74. The summed E-state index contributed by atoms with van der Waals surface area (Å²) in [6.45, 7) is 3.77. The van der Waals surface area contributed by atoms with Gasteiger partial charge in [0, 0.05) is 35.2 Å². The van der Waals surface area contributed by atoms with Crippen molar-refractivity contribution in [3.63, 3.8) is 0 Å². The monoisotopic (exact) mass is 518 g/mol. The number of carbonyl (C=O) groups is 1. The highest BCUT2D eigenvalue weighted by Gasteiger charge is 2.41. The van der Waals surface area contributed by atoms with Gasteiger partial charge in [0.2, 0.25) is 5.88 Å². The van der Waals surface area contributed by atoms with E-state index in [1.165, 1.54) is 11.1 Å². The molecule has 3 heterocycles. The number of aromatic nitrogens is 1. The Morgan fingerprint density at radius 1 is 1.38 bits per heavy atom. The van der Waals surface area contributed by atoms with Gasteiger partial charge in [-0.1, -0.05) is 23.7 Å². The van der Waals surface area contributed by atoms with Crippen molar-refractivity contribution in [1.82, 2.24) is 20.5 Å². The summed E-state index contributed by atoms with van der Waals surface area (Å²) in [7, 11) is 1.70. The number of carbonyl (C=O) groups excluding carboxylic acids is 1. The number of fused-ring (bicyclic) bond motifs is 1. The van der Waals surface area contributed by atoms with Gasteiger partial charge in [-0.3, -0.25) is 0 Å². The highest BCUT2D eigenvalue weighted by Crippen LogP contribution is 2.44. The van der Waals surface area contributed by atoms with E-state index in [-0.39, 0.29) is 11.6 Å². The second-order valence-electron chi connectivity index (χ2n) is 9.15. The summed E-state index contributed by atoms with van der Waals surface area (Å²) < 4.78 is 6.62. The number of aryl methyl sites for hydroxylation is 1. The number of halogens is 2. The minimum absolute atomic E-state index is 0.0278. The Morgan fingerprint density at radius 3 is 3.06 bits per heavy atom. The Balaban J connectivity index is 1.31. The number of hydrogen-bond donors (Lipinski definition) is 2. The SMILES string of the molecule is COc1nc(-c2cccc(Br)c2Cl)cc2c1C(CCN1CC[C@@]3(CCNC(=O)N3)C1)CC2. The number of amides is 2. The van der Waals surface area contributed by atoms with Crippen LogP contribution < -0.4 is 15.4 Å². The molecule has 2 aliphatic heterocycles. The molecule has 2 aromatic rings. The van der Waals surface area contributed by atoms with E-state index < -0.39 is 0 Å². The van der Waals surface area contributed by atoms with Crippen molar-refractivity contribution in [2.24, 2.45) is 0 Å². The topological polar surface area (TPSA) is 66.5 Å². The van der Waals surface area contributed by atoms with Gasteiger partial charge >= 0.3 is 6.03 Å². The Bertz CT molecular complexity index is 1050. The number of benzene rings is 1. The molecule has 1 spiro atoms. The van der Waals surface area contributed by atoms with E-state index >= 15 is 0 Å². The molecule has 2 N–H and O–H groups in total. The Labute approximate surface area is 202 Å². The number of methoxy groups -OCH3 is 1. The number of nitrogens with zero attached hydrogens (tertiary/aromatic N) is 2. The first-order chi connectivity index (χ1) is 15.5. The van der Waals surface area contributed by atoms with Crippen LogP contribution in [0.15, 0.2) is 28.7 Å². The molecule has 32 heavy (non-hydrogen) atoms. The summed E-state index contributed by atoms with van der Waals surface area (Å²) in [5.74, 6) is 1.16. The van der Waals surface area contributed by atoms with Crippen LogP contribution in [0.3, 0.4) is 0 Å². The number of ether oxygens (including phenoxy) is 1.